The van der Waals surface area contributed by atoms with E-state index in [2.05, 4.69) is 10.3 Å². The predicted molar refractivity (Wildman–Crippen MR) is 106 cm³/mol. The minimum Gasteiger partial charge on any atom is -0.330 e. The molecule has 0 radical (unpaired) electrons. The van der Waals surface area contributed by atoms with Crippen LogP contribution in [0.3, 0.4) is 0 Å². The van der Waals surface area contributed by atoms with E-state index < -0.39 is 0 Å². The molecule has 0 spiro atoms. The average molecular weight is 385 g/mol. The first-order chi connectivity index (χ1) is 12.9. The normalized spacial score (nSPS) is 13.6. The summed E-state index contributed by atoms with van der Waals surface area (Å²) in [6.45, 7) is 4.55. The number of aromatic nitrogens is 3. The van der Waals surface area contributed by atoms with E-state index in [4.69, 9.17) is 11.6 Å². The van der Waals surface area contributed by atoms with Gasteiger partial charge in [0.15, 0.2) is 0 Å². The Balaban J connectivity index is 1.68. The highest BCUT2D eigenvalue weighted by atomic mass is 35.5. The van der Waals surface area contributed by atoms with Crippen molar-refractivity contribution < 1.29 is 4.79 Å². The van der Waals surface area contributed by atoms with Gasteiger partial charge < -0.3 is 9.88 Å². The summed E-state index contributed by atoms with van der Waals surface area (Å²) in [6, 6.07) is 7.35. The fourth-order valence-corrected chi connectivity index (χ4v) is 3.93. The first kappa shape index (κ1) is 17.8. The van der Waals surface area contributed by atoms with E-state index in [0.717, 1.165) is 36.3 Å². The molecule has 2 aromatic heterocycles. The van der Waals surface area contributed by atoms with E-state index in [9.17, 15) is 9.59 Å². The highest BCUT2D eigenvalue weighted by Gasteiger charge is 2.20. The number of rotatable bonds is 3. The summed E-state index contributed by atoms with van der Waals surface area (Å²) in [4.78, 5) is 30.2. The number of hydrogen-bond donors (Lipinski definition) is 1. The molecule has 6 nitrogen and oxygen atoms in total. The topological polar surface area (TPSA) is 68.9 Å². The summed E-state index contributed by atoms with van der Waals surface area (Å²) in [6.07, 6.45) is 2.85. The largest absolute Gasteiger partial charge is 0.330 e. The number of anilines is 1. The standard InChI is InChI=1S/C20H21ClN4O2/c1-12-6-7-15(14(21)9-12)23-18(26)11-25-13(2)10-16-19(25)20(27)24-8-4-3-5-17(24)22-16/h6-7,9-10H,3-5,8,11H2,1-2H3,(H,23,26). The van der Waals surface area contributed by atoms with Crippen molar-refractivity contribution in [2.24, 2.45) is 0 Å². The van der Waals surface area contributed by atoms with Crippen LogP contribution in [-0.2, 0) is 24.3 Å². The second-order valence-corrected chi connectivity index (χ2v) is 7.49. The van der Waals surface area contributed by atoms with Crippen LogP contribution in [0.25, 0.3) is 11.0 Å². The zero-order chi connectivity index (χ0) is 19.1. The Morgan fingerprint density at radius 3 is 2.85 bits per heavy atom. The van der Waals surface area contributed by atoms with Crippen LogP contribution < -0.4 is 10.9 Å². The van der Waals surface area contributed by atoms with Crippen molar-refractivity contribution in [2.75, 3.05) is 5.32 Å². The number of nitrogens with zero attached hydrogens (tertiary/aromatic N) is 3. The van der Waals surface area contributed by atoms with Gasteiger partial charge in [-0.15, -0.1) is 0 Å². The molecule has 1 aliphatic rings. The van der Waals surface area contributed by atoms with Crippen LogP contribution in [0.4, 0.5) is 5.69 Å². The number of carbonyl (C=O) groups excluding carboxylic acids is 1. The van der Waals surface area contributed by atoms with Crippen molar-refractivity contribution in [1.29, 1.82) is 0 Å². The lowest BCUT2D eigenvalue weighted by molar-refractivity contribution is -0.116. The number of benzene rings is 1. The molecule has 0 aliphatic carbocycles. The Morgan fingerprint density at radius 2 is 2.07 bits per heavy atom. The second-order valence-electron chi connectivity index (χ2n) is 7.08. The predicted octanol–water partition coefficient (Wildman–Crippen LogP) is 3.44. The molecule has 0 fully saturated rings. The molecule has 0 bridgehead atoms. The Kier molecular flexibility index (Phi) is 4.52. The van der Waals surface area contributed by atoms with Crippen LogP contribution in [0, 0.1) is 13.8 Å². The van der Waals surface area contributed by atoms with Crippen molar-refractivity contribution in [3.63, 3.8) is 0 Å². The molecule has 0 atom stereocenters. The van der Waals surface area contributed by atoms with Gasteiger partial charge in [-0.25, -0.2) is 4.98 Å². The first-order valence-electron chi connectivity index (χ1n) is 9.09. The highest BCUT2D eigenvalue weighted by Crippen LogP contribution is 2.23. The Bertz CT molecular complexity index is 1110. The van der Waals surface area contributed by atoms with Gasteiger partial charge in [0, 0.05) is 18.7 Å². The molecule has 3 aromatic rings. The van der Waals surface area contributed by atoms with Crippen LogP contribution in [0.1, 0.15) is 29.9 Å². The average Bonchev–Trinajstić information content (AvgIpc) is 2.93. The van der Waals surface area contributed by atoms with Crippen molar-refractivity contribution in [3.05, 3.63) is 56.7 Å². The molecule has 27 heavy (non-hydrogen) atoms. The van der Waals surface area contributed by atoms with E-state index in [0.29, 0.717) is 28.3 Å². The number of amides is 1. The summed E-state index contributed by atoms with van der Waals surface area (Å²) in [5.41, 5.74) is 3.50. The molecule has 3 heterocycles. The van der Waals surface area contributed by atoms with E-state index in [1.807, 2.05) is 26.0 Å². The number of hydrogen-bond acceptors (Lipinski definition) is 3. The van der Waals surface area contributed by atoms with Gasteiger partial charge in [-0.1, -0.05) is 17.7 Å². The lowest BCUT2D eigenvalue weighted by Crippen LogP contribution is -2.30. The van der Waals surface area contributed by atoms with Gasteiger partial charge in [0.05, 0.1) is 16.2 Å². The summed E-state index contributed by atoms with van der Waals surface area (Å²) in [7, 11) is 0. The minimum absolute atomic E-state index is 0.0375. The van der Waals surface area contributed by atoms with E-state index in [1.54, 1.807) is 21.3 Å². The third-order valence-corrected chi connectivity index (χ3v) is 5.34. The molecule has 140 valence electrons. The lowest BCUT2D eigenvalue weighted by Gasteiger charge is -2.17. The number of nitrogens with one attached hydrogen (secondary N) is 1. The monoisotopic (exact) mass is 384 g/mol. The van der Waals surface area contributed by atoms with Crippen LogP contribution in [0.15, 0.2) is 29.1 Å². The fourth-order valence-electron chi connectivity index (χ4n) is 3.65. The number of halogens is 1. The lowest BCUT2D eigenvalue weighted by atomic mass is 10.1. The van der Waals surface area contributed by atoms with Crippen molar-refractivity contribution in [2.45, 2.75) is 46.2 Å². The summed E-state index contributed by atoms with van der Waals surface area (Å²) < 4.78 is 3.49. The molecule has 1 aliphatic heterocycles. The molecule has 4 rings (SSSR count). The maximum Gasteiger partial charge on any atom is 0.278 e. The van der Waals surface area contributed by atoms with Gasteiger partial charge >= 0.3 is 0 Å². The molecular formula is C20H21ClN4O2. The van der Waals surface area contributed by atoms with Gasteiger partial charge in [0.25, 0.3) is 5.56 Å². The summed E-state index contributed by atoms with van der Waals surface area (Å²) in [5, 5.41) is 3.32. The van der Waals surface area contributed by atoms with Gasteiger partial charge in [-0.2, -0.15) is 0 Å². The van der Waals surface area contributed by atoms with Gasteiger partial charge in [0.2, 0.25) is 5.91 Å². The molecule has 7 heteroatoms. The third kappa shape index (κ3) is 3.25. The third-order valence-electron chi connectivity index (χ3n) is 5.03. The second kappa shape index (κ2) is 6.85. The van der Waals surface area contributed by atoms with Gasteiger partial charge in [-0.05, 0) is 50.5 Å². The number of carbonyl (C=O) groups is 1. The molecule has 0 unspecified atom stereocenters. The molecule has 0 saturated carbocycles. The SMILES string of the molecule is Cc1ccc(NC(=O)Cn2c(C)cc3nc4n(c(=O)c32)CCCC4)c(Cl)c1. The summed E-state index contributed by atoms with van der Waals surface area (Å²) >= 11 is 6.20. The fraction of sp³-hybridized carbons (Fsp3) is 0.350. The number of fused-ring (bicyclic) bond motifs is 2. The highest BCUT2D eigenvalue weighted by molar-refractivity contribution is 6.33. The van der Waals surface area contributed by atoms with Crippen LogP contribution >= 0.6 is 11.6 Å². The van der Waals surface area contributed by atoms with Crippen LogP contribution in [0.5, 0.6) is 0 Å². The Morgan fingerprint density at radius 1 is 1.26 bits per heavy atom. The smallest absolute Gasteiger partial charge is 0.278 e. The van der Waals surface area contributed by atoms with E-state index in [-0.39, 0.29) is 18.0 Å². The minimum atomic E-state index is -0.233. The van der Waals surface area contributed by atoms with Crippen LogP contribution in [-0.4, -0.2) is 20.0 Å². The molecule has 1 N–H and O–H groups in total. The maximum atomic E-state index is 13.0. The van der Waals surface area contributed by atoms with E-state index in [1.165, 1.54) is 0 Å². The van der Waals surface area contributed by atoms with Crippen molar-refractivity contribution >= 4 is 34.2 Å². The quantitative estimate of drug-likeness (QED) is 0.752. The zero-order valence-electron chi connectivity index (χ0n) is 15.4. The Labute approximate surface area is 161 Å². The van der Waals surface area contributed by atoms with Crippen molar-refractivity contribution in [1.82, 2.24) is 14.1 Å². The van der Waals surface area contributed by atoms with Gasteiger partial charge in [0.1, 0.15) is 17.9 Å². The van der Waals surface area contributed by atoms with Gasteiger partial charge in [-0.3, -0.25) is 14.2 Å². The zero-order valence-corrected chi connectivity index (χ0v) is 16.1. The Hall–Kier alpha value is -2.60. The van der Waals surface area contributed by atoms with E-state index >= 15 is 0 Å². The van der Waals surface area contributed by atoms with Crippen LogP contribution in [0.2, 0.25) is 5.02 Å². The molecular weight excluding hydrogens is 364 g/mol. The van der Waals surface area contributed by atoms with Crippen molar-refractivity contribution in [3.8, 4) is 0 Å². The maximum absolute atomic E-state index is 13.0. The molecule has 1 amide bonds. The first-order valence-corrected chi connectivity index (χ1v) is 9.47. The number of aryl methyl sites for hydroxylation is 3. The summed E-state index contributed by atoms with van der Waals surface area (Å²) in [5.74, 6) is 0.607. The molecule has 1 aromatic carbocycles. The molecule has 0 saturated heterocycles.